The summed E-state index contributed by atoms with van der Waals surface area (Å²) in [4.78, 5) is 13.1. The lowest BCUT2D eigenvalue weighted by atomic mass is 10.1. The number of likely N-dealkylation sites (N-methyl/N-ethyl adjacent to an activating group) is 2. The second-order valence-electron chi connectivity index (χ2n) is 3.87. The van der Waals surface area contributed by atoms with Crippen molar-refractivity contribution in [3.63, 3.8) is 0 Å². The summed E-state index contributed by atoms with van der Waals surface area (Å²) < 4.78 is 0. The molecule has 1 aromatic carbocycles. The lowest BCUT2D eigenvalue weighted by Gasteiger charge is -2.15. The maximum absolute atomic E-state index is 11.1. The number of hydrogen-bond donors (Lipinski definition) is 2. The highest BCUT2D eigenvalue weighted by molar-refractivity contribution is 5.77. The second-order valence-corrected chi connectivity index (χ2v) is 3.87. The minimum Gasteiger partial charge on any atom is -0.358 e. The zero-order chi connectivity index (χ0) is 12.0. The van der Waals surface area contributed by atoms with E-state index in [9.17, 15) is 4.79 Å². The minimum absolute atomic E-state index is 0.0288. The second kappa shape index (κ2) is 6.25. The lowest BCUT2D eigenvalue weighted by molar-refractivity contribution is -0.121. The molecule has 0 atom stereocenters. The van der Waals surface area contributed by atoms with Gasteiger partial charge in [0.1, 0.15) is 0 Å². The molecule has 0 aliphatic rings. The third-order valence-electron chi connectivity index (χ3n) is 2.40. The van der Waals surface area contributed by atoms with Gasteiger partial charge < -0.3 is 11.1 Å². The van der Waals surface area contributed by atoms with Gasteiger partial charge in [0.05, 0.1) is 6.54 Å². The van der Waals surface area contributed by atoms with Crippen LogP contribution in [-0.2, 0) is 17.9 Å². The molecule has 0 saturated heterocycles. The Morgan fingerprint density at radius 3 is 2.38 bits per heavy atom. The molecule has 0 aromatic heterocycles. The topological polar surface area (TPSA) is 58.4 Å². The number of hydrogen-bond acceptors (Lipinski definition) is 3. The average Bonchev–Trinajstić information content (AvgIpc) is 2.29. The fourth-order valence-electron chi connectivity index (χ4n) is 1.47. The molecule has 4 nitrogen and oxygen atoms in total. The van der Waals surface area contributed by atoms with Gasteiger partial charge in [-0.25, -0.2) is 0 Å². The Morgan fingerprint density at radius 1 is 1.31 bits per heavy atom. The molecule has 0 bridgehead atoms. The summed E-state index contributed by atoms with van der Waals surface area (Å²) in [6, 6.07) is 8.12. The van der Waals surface area contributed by atoms with E-state index in [1.54, 1.807) is 7.05 Å². The van der Waals surface area contributed by atoms with Crippen LogP contribution in [0, 0.1) is 0 Å². The van der Waals surface area contributed by atoms with Gasteiger partial charge in [0.15, 0.2) is 0 Å². The predicted molar refractivity (Wildman–Crippen MR) is 64.7 cm³/mol. The van der Waals surface area contributed by atoms with Gasteiger partial charge in [-0.3, -0.25) is 9.69 Å². The van der Waals surface area contributed by atoms with Crippen molar-refractivity contribution in [2.24, 2.45) is 5.73 Å². The summed E-state index contributed by atoms with van der Waals surface area (Å²) in [7, 11) is 3.57. The number of benzene rings is 1. The molecular weight excluding hydrogens is 202 g/mol. The summed E-state index contributed by atoms with van der Waals surface area (Å²) in [5, 5.41) is 2.60. The Labute approximate surface area is 96.4 Å². The van der Waals surface area contributed by atoms with Crippen LogP contribution in [0.5, 0.6) is 0 Å². The van der Waals surface area contributed by atoms with Gasteiger partial charge in [-0.05, 0) is 18.2 Å². The van der Waals surface area contributed by atoms with E-state index in [0.29, 0.717) is 13.1 Å². The Morgan fingerprint density at radius 2 is 1.88 bits per heavy atom. The van der Waals surface area contributed by atoms with E-state index in [1.165, 1.54) is 5.56 Å². The maximum atomic E-state index is 11.1. The minimum atomic E-state index is 0.0288. The summed E-state index contributed by atoms with van der Waals surface area (Å²) in [6.45, 7) is 1.74. The summed E-state index contributed by atoms with van der Waals surface area (Å²) in [5.74, 6) is 0.0288. The number of amides is 1. The summed E-state index contributed by atoms with van der Waals surface area (Å²) >= 11 is 0. The van der Waals surface area contributed by atoms with E-state index in [-0.39, 0.29) is 5.91 Å². The first-order valence-corrected chi connectivity index (χ1v) is 5.32. The maximum Gasteiger partial charge on any atom is 0.233 e. The van der Waals surface area contributed by atoms with Crippen LogP contribution in [-0.4, -0.2) is 31.4 Å². The Bertz CT molecular complexity index is 335. The molecule has 0 spiro atoms. The molecule has 1 aromatic rings. The fraction of sp³-hybridized carbons (Fsp3) is 0.417. The van der Waals surface area contributed by atoms with Crippen LogP contribution in [0.25, 0.3) is 0 Å². The van der Waals surface area contributed by atoms with E-state index in [4.69, 9.17) is 5.73 Å². The number of nitrogens with one attached hydrogen (secondary N) is 1. The van der Waals surface area contributed by atoms with Gasteiger partial charge in [-0.15, -0.1) is 0 Å². The molecule has 16 heavy (non-hydrogen) atoms. The van der Waals surface area contributed by atoms with Crippen molar-refractivity contribution >= 4 is 5.91 Å². The van der Waals surface area contributed by atoms with E-state index in [1.807, 2.05) is 36.2 Å². The Hall–Kier alpha value is -1.39. The third kappa shape index (κ3) is 4.00. The van der Waals surface area contributed by atoms with Crippen LogP contribution in [0.2, 0.25) is 0 Å². The molecule has 0 heterocycles. The molecule has 0 unspecified atom stereocenters. The van der Waals surface area contributed by atoms with E-state index in [0.717, 1.165) is 12.1 Å². The fourth-order valence-corrected chi connectivity index (χ4v) is 1.47. The molecule has 88 valence electrons. The highest BCUT2D eigenvalue weighted by Crippen LogP contribution is 2.05. The molecule has 4 heteroatoms. The number of carbonyl (C=O) groups excluding carboxylic acids is 1. The Kier molecular flexibility index (Phi) is 4.95. The number of carbonyl (C=O) groups is 1. The van der Waals surface area contributed by atoms with Crippen molar-refractivity contribution < 1.29 is 4.79 Å². The molecular formula is C12H19N3O. The first-order valence-electron chi connectivity index (χ1n) is 5.32. The lowest BCUT2D eigenvalue weighted by Crippen LogP contribution is -2.32. The van der Waals surface area contributed by atoms with Crippen molar-refractivity contribution in [1.29, 1.82) is 0 Å². The van der Waals surface area contributed by atoms with Crippen molar-refractivity contribution in [2.75, 3.05) is 20.6 Å². The molecule has 0 saturated carbocycles. The van der Waals surface area contributed by atoms with Crippen LogP contribution in [0.4, 0.5) is 0 Å². The highest BCUT2D eigenvalue weighted by atomic mass is 16.1. The zero-order valence-corrected chi connectivity index (χ0v) is 9.86. The van der Waals surface area contributed by atoms with Gasteiger partial charge in [0, 0.05) is 20.1 Å². The Balaban J connectivity index is 2.49. The molecule has 1 amide bonds. The quantitative estimate of drug-likeness (QED) is 0.753. The standard InChI is InChI=1S/C12H19N3O/c1-14-12(16)9-15(2)8-11-5-3-10(7-13)4-6-11/h3-6H,7-9,13H2,1-2H3,(H,14,16). The molecule has 0 radical (unpaired) electrons. The van der Waals surface area contributed by atoms with Gasteiger partial charge in [-0.1, -0.05) is 24.3 Å². The van der Waals surface area contributed by atoms with E-state index in [2.05, 4.69) is 5.32 Å². The van der Waals surface area contributed by atoms with Crippen LogP contribution in [0.15, 0.2) is 24.3 Å². The van der Waals surface area contributed by atoms with Crippen LogP contribution in [0.1, 0.15) is 11.1 Å². The largest absolute Gasteiger partial charge is 0.358 e. The molecule has 3 N–H and O–H groups in total. The molecule has 0 aliphatic carbocycles. The summed E-state index contributed by atoms with van der Waals surface area (Å²) in [6.07, 6.45) is 0. The highest BCUT2D eigenvalue weighted by Gasteiger charge is 2.04. The number of rotatable bonds is 5. The summed E-state index contributed by atoms with van der Waals surface area (Å²) in [5.41, 5.74) is 7.83. The zero-order valence-electron chi connectivity index (χ0n) is 9.86. The van der Waals surface area contributed by atoms with E-state index >= 15 is 0 Å². The van der Waals surface area contributed by atoms with Crippen molar-refractivity contribution in [1.82, 2.24) is 10.2 Å². The van der Waals surface area contributed by atoms with Gasteiger partial charge in [0.25, 0.3) is 0 Å². The number of nitrogens with zero attached hydrogens (tertiary/aromatic N) is 1. The van der Waals surface area contributed by atoms with Gasteiger partial charge in [0.2, 0.25) is 5.91 Å². The first-order chi connectivity index (χ1) is 7.65. The monoisotopic (exact) mass is 221 g/mol. The van der Waals surface area contributed by atoms with Gasteiger partial charge in [-0.2, -0.15) is 0 Å². The number of nitrogens with two attached hydrogens (primary N) is 1. The first kappa shape index (κ1) is 12.7. The smallest absolute Gasteiger partial charge is 0.233 e. The third-order valence-corrected chi connectivity index (χ3v) is 2.40. The van der Waals surface area contributed by atoms with E-state index < -0.39 is 0 Å². The predicted octanol–water partition coefficient (Wildman–Crippen LogP) is 0.323. The van der Waals surface area contributed by atoms with Crippen LogP contribution >= 0.6 is 0 Å². The van der Waals surface area contributed by atoms with Crippen LogP contribution in [0.3, 0.4) is 0 Å². The SMILES string of the molecule is CNC(=O)CN(C)Cc1ccc(CN)cc1. The van der Waals surface area contributed by atoms with Crippen LogP contribution < -0.4 is 11.1 Å². The van der Waals surface area contributed by atoms with Crippen molar-refractivity contribution in [3.05, 3.63) is 35.4 Å². The normalized spacial score (nSPS) is 10.5. The molecule has 0 aliphatic heterocycles. The van der Waals surface area contributed by atoms with Crippen molar-refractivity contribution in [2.45, 2.75) is 13.1 Å². The van der Waals surface area contributed by atoms with Crippen molar-refractivity contribution in [3.8, 4) is 0 Å². The molecule has 1 rings (SSSR count). The molecule has 0 fully saturated rings. The average molecular weight is 221 g/mol. The van der Waals surface area contributed by atoms with Gasteiger partial charge >= 0.3 is 0 Å².